The molecule has 0 aliphatic carbocycles. The number of rotatable bonds is 5. The van der Waals surface area contributed by atoms with Crippen molar-refractivity contribution in [1.29, 1.82) is 0 Å². The van der Waals surface area contributed by atoms with Crippen molar-refractivity contribution in [3.8, 4) is 0 Å². The summed E-state index contributed by atoms with van der Waals surface area (Å²) in [6, 6.07) is 9.01. The van der Waals surface area contributed by atoms with E-state index in [1.165, 1.54) is 12.3 Å². The van der Waals surface area contributed by atoms with E-state index in [0.717, 1.165) is 6.20 Å². The highest BCUT2D eigenvalue weighted by atomic mass is 19.1. The van der Waals surface area contributed by atoms with Gasteiger partial charge in [-0.2, -0.15) is 0 Å². The molecule has 4 nitrogen and oxygen atoms in total. The molecule has 0 amide bonds. The minimum Gasteiger partial charge on any atom is -0.480 e. The zero-order chi connectivity index (χ0) is 14.5. The van der Waals surface area contributed by atoms with Crippen LogP contribution in [0.2, 0.25) is 0 Å². The van der Waals surface area contributed by atoms with Crippen LogP contribution in [0.15, 0.2) is 48.8 Å². The summed E-state index contributed by atoms with van der Waals surface area (Å²) in [5.74, 6) is -1.42. The molecule has 0 aliphatic rings. The Morgan fingerprint density at radius 2 is 1.95 bits per heavy atom. The molecule has 2 aromatic rings. The molecule has 5 heteroatoms. The average Bonchev–Trinajstić information content (AvgIpc) is 2.45. The van der Waals surface area contributed by atoms with Gasteiger partial charge in [0.2, 0.25) is 0 Å². The van der Waals surface area contributed by atoms with E-state index in [1.807, 2.05) is 6.07 Å². The van der Waals surface area contributed by atoms with Gasteiger partial charge in [0.1, 0.15) is 11.9 Å². The molecule has 2 N–H and O–H groups in total. The molecular weight excluding hydrogens is 259 g/mol. The van der Waals surface area contributed by atoms with Crippen molar-refractivity contribution in [3.63, 3.8) is 0 Å². The maximum absolute atomic E-state index is 13.1. The lowest BCUT2D eigenvalue weighted by Gasteiger charge is -2.20. The van der Waals surface area contributed by atoms with Crippen molar-refractivity contribution in [2.24, 2.45) is 0 Å². The van der Waals surface area contributed by atoms with Crippen molar-refractivity contribution >= 4 is 5.97 Å². The predicted molar refractivity (Wildman–Crippen MR) is 72.6 cm³/mol. The summed E-state index contributed by atoms with van der Waals surface area (Å²) in [5.41, 5.74) is 1.25. The van der Waals surface area contributed by atoms with Crippen LogP contribution in [0.5, 0.6) is 0 Å². The highest BCUT2D eigenvalue weighted by Gasteiger charge is 2.22. The van der Waals surface area contributed by atoms with E-state index in [2.05, 4.69) is 10.3 Å². The Bertz CT molecular complexity index is 589. The van der Waals surface area contributed by atoms with Gasteiger partial charge in [-0.05, 0) is 24.1 Å². The van der Waals surface area contributed by atoms with Gasteiger partial charge < -0.3 is 5.11 Å². The summed E-state index contributed by atoms with van der Waals surface area (Å²) in [5, 5.41) is 12.3. The third kappa shape index (κ3) is 3.39. The lowest BCUT2D eigenvalue weighted by atomic mass is 10.0. The number of nitrogens with one attached hydrogen (secondary N) is 1. The summed E-state index contributed by atoms with van der Waals surface area (Å²) in [7, 11) is 0. The molecule has 2 atom stereocenters. The van der Waals surface area contributed by atoms with Crippen molar-refractivity contribution in [1.82, 2.24) is 10.3 Å². The maximum atomic E-state index is 13.1. The first-order valence-electron chi connectivity index (χ1n) is 6.22. The van der Waals surface area contributed by atoms with E-state index < -0.39 is 17.8 Å². The molecule has 0 fully saturated rings. The van der Waals surface area contributed by atoms with Crippen molar-refractivity contribution in [2.75, 3.05) is 0 Å². The molecule has 1 aromatic carbocycles. The van der Waals surface area contributed by atoms with Gasteiger partial charge in [-0.3, -0.25) is 15.1 Å². The van der Waals surface area contributed by atoms with E-state index in [0.29, 0.717) is 11.1 Å². The molecule has 0 spiro atoms. The fourth-order valence-electron chi connectivity index (χ4n) is 1.97. The first-order chi connectivity index (χ1) is 9.58. The molecule has 0 radical (unpaired) electrons. The number of carboxylic acid groups (broad SMARTS) is 1. The number of carbonyl (C=O) groups is 1. The predicted octanol–water partition coefficient (Wildman–Crippen LogP) is 2.70. The number of benzene rings is 1. The van der Waals surface area contributed by atoms with Crippen LogP contribution in [-0.2, 0) is 4.79 Å². The van der Waals surface area contributed by atoms with Crippen LogP contribution in [0.1, 0.15) is 30.1 Å². The second-order valence-corrected chi connectivity index (χ2v) is 4.51. The summed E-state index contributed by atoms with van der Waals surface area (Å²) < 4.78 is 13.1. The topological polar surface area (TPSA) is 62.2 Å². The summed E-state index contributed by atoms with van der Waals surface area (Å²) >= 11 is 0. The normalized spacial score (nSPS) is 13.7. The van der Waals surface area contributed by atoms with Gasteiger partial charge >= 0.3 is 5.97 Å². The Morgan fingerprint density at radius 3 is 2.55 bits per heavy atom. The molecule has 0 saturated carbocycles. The molecule has 20 heavy (non-hydrogen) atoms. The minimum atomic E-state index is -0.979. The van der Waals surface area contributed by atoms with E-state index in [4.69, 9.17) is 0 Å². The second-order valence-electron chi connectivity index (χ2n) is 4.51. The standard InChI is InChI=1S/C15H15FN2O2/c1-10(12-7-13(16)9-17-8-12)18-14(15(19)20)11-5-3-2-4-6-11/h2-10,14,18H,1H3,(H,19,20). The zero-order valence-corrected chi connectivity index (χ0v) is 11.0. The molecule has 0 saturated heterocycles. The van der Waals surface area contributed by atoms with Crippen LogP contribution >= 0.6 is 0 Å². The van der Waals surface area contributed by atoms with E-state index >= 15 is 0 Å². The van der Waals surface area contributed by atoms with Crippen LogP contribution in [0.25, 0.3) is 0 Å². The Morgan fingerprint density at radius 1 is 1.25 bits per heavy atom. The highest BCUT2D eigenvalue weighted by Crippen LogP contribution is 2.19. The number of hydrogen-bond donors (Lipinski definition) is 2. The lowest BCUT2D eigenvalue weighted by Crippen LogP contribution is -2.30. The van der Waals surface area contributed by atoms with Crippen LogP contribution < -0.4 is 5.32 Å². The fraction of sp³-hybridized carbons (Fsp3) is 0.200. The molecule has 2 unspecified atom stereocenters. The number of halogens is 1. The third-order valence-electron chi connectivity index (χ3n) is 3.02. The number of hydrogen-bond acceptors (Lipinski definition) is 3. The summed E-state index contributed by atoms with van der Waals surface area (Å²) in [4.78, 5) is 15.1. The van der Waals surface area contributed by atoms with Crippen molar-refractivity contribution in [3.05, 3.63) is 65.7 Å². The molecule has 1 aromatic heterocycles. The van der Waals surface area contributed by atoms with Gasteiger partial charge in [0.15, 0.2) is 0 Å². The monoisotopic (exact) mass is 274 g/mol. The lowest BCUT2D eigenvalue weighted by molar-refractivity contribution is -0.139. The SMILES string of the molecule is CC(NC(C(=O)O)c1ccccc1)c1cncc(F)c1. The van der Waals surface area contributed by atoms with Gasteiger partial charge in [0.05, 0.1) is 6.20 Å². The van der Waals surface area contributed by atoms with Crippen LogP contribution in [0, 0.1) is 5.82 Å². The van der Waals surface area contributed by atoms with Gasteiger partial charge in [0.25, 0.3) is 0 Å². The Labute approximate surface area is 116 Å². The largest absolute Gasteiger partial charge is 0.480 e. The van der Waals surface area contributed by atoms with Crippen LogP contribution in [0.4, 0.5) is 4.39 Å². The van der Waals surface area contributed by atoms with Crippen LogP contribution in [-0.4, -0.2) is 16.1 Å². The summed E-state index contributed by atoms with van der Waals surface area (Å²) in [6.45, 7) is 1.77. The fourth-order valence-corrected chi connectivity index (χ4v) is 1.97. The molecular formula is C15H15FN2O2. The molecule has 2 rings (SSSR count). The van der Waals surface area contributed by atoms with Gasteiger partial charge in [-0.15, -0.1) is 0 Å². The first kappa shape index (κ1) is 14.1. The van der Waals surface area contributed by atoms with E-state index in [9.17, 15) is 14.3 Å². The van der Waals surface area contributed by atoms with Gasteiger partial charge in [-0.25, -0.2) is 4.39 Å². The Balaban J connectivity index is 2.19. The quantitative estimate of drug-likeness (QED) is 0.880. The molecule has 0 bridgehead atoms. The number of nitrogens with zero attached hydrogens (tertiary/aromatic N) is 1. The molecule has 1 heterocycles. The number of aromatic nitrogens is 1. The highest BCUT2D eigenvalue weighted by molar-refractivity contribution is 5.75. The van der Waals surface area contributed by atoms with Gasteiger partial charge in [0, 0.05) is 12.2 Å². The molecule has 104 valence electrons. The van der Waals surface area contributed by atoms with E-state index in [-0.39, 0.29) is 6.04 Å². The number of pyridine rings is 1. The van der Waals surface area contributed by atoms with E-state index in [1.54, 1.807) is 31.2 Å². The van der Waals surface area contributed by atoms with Crippen LogP contribution in [0.3, 0.4) is 0 Å². The number of carboxylic acids is 1. The Hall–Kier alpha value is -2.27. The molecule has 0 aliphatic heterocycles. The van der Waals surface area contributed by atoms with Crippen molar-refractivity contribution < 1.29 is 14.3 Å². The Kier molecular flexibility index (Phi) is 4.42. The third-order valence-corrected chi connectivity index (χ3v) is 3.02. The van der Waals surface area contributed by atoms with Gasteiger partial charge in [-0.1, -0.05) is 30.3 Å². The number of aliphatic carboxylic acids is 1. The summed E-state index contributed by atoms with van der Waals surface area (Å²) in [6.07, 6.45) is 2.63. The second kappa shape index (κ2) is 6.25. The smallest absolute Gasteiger partial charge is 0.325 e. The zero-order valence-electron chi connectivity index (χ0n) is 11.0. The average molecular weight is 274 g/mol. The minimum absolute atomic E-state index is 0.334. The first-order valence-corrected chi connectivity index (χ1v) is 6.22. The van der Waals surface area contributed by atoms with Crippen molar-refractivity contribution in [2.45, 2.75) is 19.0 Å². The maximum Gasteiger partial charge on any atom is 0.325 e.